The van der Waals surface area contributed by atoms with Gasteiger partial charge in [0, 0.05) is 25.3 Å². The maximum atomic E-state index is 12.3. The molecule has 6 N–H and O–H groups in total. The van der Waals surface area contributed by atoms with E-state index in [1.165, 1.54) is 22.8 Å². The van der Waals surface area contributed by atoms with Gasteiger partial charge in [-0.3, -0.25) is 9.47 Å². The van der Waals surface area contributed by atoms with Gasteiger partial charge in [-0.2, -0.15) is 0 Å². The van der Waals surface area contributed by atoms with Crippen LogP contribution in [0.3, 0.4) is 0 Å². The molecule has 1 fully saturated rings. The highest BCUT2D eigenvalue weighted by Crippen LogP contribution is 2.33. The molecule has 0 radical (unpaired) electrons. The second kappa shape index (κ2) is 10.6. The van der Waals surface area contributed by atoms with Crippen LogP contribution in [0.4, 0.5) is 16.3 Å². The fourth-order valence-electron chi connectivity index (χ4n) is 4.39. The average molecular weight is 513 g/mol. The molecule has 3 heterocycles. The molecule has 1 aliphatic rings. The third-order valence-corrected chi connectivity index (χ3v) is 6.72. The molecular weight excluding hydrogens is 476 g/mol. The summed E-state index contributed by atoms with van der Waals surface area (Å²) in [4.78, 5) is 26.6. The third kappa shape index (κ3) is 5.67. The van der Waals surface area contributed by atoms with Crippen LogP contribution in [0.1, 0.15) is 33.3 Å². The lowest BCUT2D eigenvalue weighted by molar-refractivity contribution is -0.109. The molecule has 0 bridgehead atoms. The number of benzene rings is 1. The van der Waals surface area contributed by atoms with Crippen molar-refractivity contribution < 1.29 is 19.7 Å². The van der Waals surface area contributed by atoms with E-state index in [-0.39, 0.29) is 23.9 Å². The number of carbonyl (C=O) groups is 1. The van der Waals surface area contributed by atoms with Gasteiger partial charge in [-0.1, -0.05) is 39.8 Å². The van der Waals surface area contributed by atoms with Gasteiger partial charge in [-0.15, -0.1) is 0 Å². The molecule has 2 aromatic heterocycles. The number of urea groups is 1. The molecule has 3 atom stereocenters. The van der Waals surface area contributed by atoms with Gasteiger partial charge in [-0.25, -0.2) is 19.7 Å². The van der Waals surface area contributed by atoms with Crippen LogP contribution in [0, 0.1) is 0 Å². The summed E-state index contributed by atoms with van der Waals surface area (Å²) >= 11 is 0. The number of imidazole rings is 1. The Balaban J connectivity index is 1.29. The second-order valence-corrected chi connectivity index (χ2v) is 10.3. The molecule has 1 saturated heterocycles. The van der Waals surface area contributed by atoms with Gasteiger partial charge in [0.1, 0.15) is 24.1 Å². The van der Waals surface area contributed by atoms with Crippen molar-refractivity contribution in [3.8, 4) is 0 Å². The minimum absolute atomic E-state index is 0.0472. The van der Waals surface area contributed by atoms with Gasteiger partial charge in [0.15, 0.2) is 17.2 Å². The maximum absolute atomic E-state index is 12.3. The third-order valence-electron chi connectivity index (χ3n) is 6.72. The van der Waals surface area contributed by atoms with Crippen LogP contribution in [0.15, 0.2) is 36.9 Å². The Morgan fingerprint density at radius 1 is 1.27 bits per heavy atom. The molecule has 0 spiro atoms. The summed E-state index contributed by atoms with van der Waals surface area (Å²) in [5, 5.41) is 28.0. The van der Waals surface area contributed by atoms with Crippen molar-refractivity contribution in [1.29, 1.82) is 0 Å². The number of fused-ring (bicyclic) bond motifs is 1. The molecule has 12 nitrogen and oxygen atoms in total. The first kappa shape index (κ1) is 26.7. The Morgan fingerprint density at radius 3 is 2.68 bits per heavy atom. The van der Waals surface area contributed by atoms with E-state index in [9.17, 15) is 15.0 Å². The molecule has 3 aromatic rings. The summed E-state index contributed by atoms with van der Waals surface area (Å²) < 4.78 is 7.17. The zero-order valence-corrected chi connectivity index (χ0v) is 21.7. The molecule has 1 aliphatic heterocycles. The summed E-state index contributed by atoms with van der Waals surface area (Å²) in [7, 11) is 0. The number of ether oxygens (including phenoxy) is 1. The van der Waals surface area contributed by atoms with Crippen LogP contribution in [0.25, 0.3) is 11.2 Å². The number of hydrogen-bond acceptors (Lipinski definition) is 9. The predicted molar refractivity (Wildman–Crippen MR) is 140 cm³/mol. The van der Waals surface area contributed by atoms with Crippen LogP contribution >= 0.6 is 0 Å². The van der Waals surface area contributed by atoms with Crippen LogP contribution in [0.5, 0.6) is 0 Å². The Labute approximate surface area is 215 Å². The van der Waals surface area contributed by atoms with Gasteiger partial charge >= 0.3 is 6.03 Å². The van der Waals surface area contributed by atoms with E-state index in [2.05, 4.69) is 46.4 Å². The molecule has 4 rings (SSSR count). The molecule has 12 heteroatoms. The molecule has 3 unspecified atom stereocenters. The Kier molecular flexibility index (Phi) is 7.64. The van der Waals surface area contributed by atoms with E-state index < -0.39 is 17.9 Å². The molecule has 200 valence electrons. The molecular formula is C25H36N8O4. The number of rotatable bonds is 8. The van der Waals surface area contributed by atoms with Gasteiger partial charge in [0.2, 0.25) is 0 Å². The van der Waals surface area contributed by atoms with E-state index in [1.54, 1.807) is 0 Å². The van der Waals surface area contributed by atoms with Gasteiger partial charge in [-0.05, 0) is 29.7 Å². The predicted octanol–water partition coefficient (Wildman–Crippen LogP) is 1.25. The van der Waals surface area contributed by atoms with Crippen LogP contribution in [-0.4, -0.2) is 85.7 Å². The van der Waals surface area contributed by atoms with E-state index >= 15 is 0 Å². The van der Waals surface area contributed by atoms with Crippen LogP contribution in [-0.2, 0) is 15.9 Å². The first-order chi connectivity index (χ1) is 17.5. The van der Waals surface area contributed by atoms with E-state index in [4.69, 9.17) is 10.5 Å². The van der Waals surface area contributed by atoms with Crippen molar-refractivity contribution in [1.82, 2.24) is 29.7 Å². The fraction of sp³-hybridized carbons (Fsp3) is 0.520. The highest BCUT2D eigenvalue weighted by molar-refractivity contribution is 5.89. The topological polar surface area (TPSA) is 164 Å². The van der Waals surface area contributed by atoms with Crippen molar-refractivity contribution in [2.75, 3.05) is 43.8 Å². The fourth-order valence-corrected chi connectivity index (χ4v) is 4.39. The molecule has 2 amide bonds. The number of nitrogens with two attached hydrogens (primary N) is 1. The Hall–Kier alpha value is -3.32. The van der Waals surface area contributed by atoms with Gasteiger partial charge < -0.3 is 31.3 Å². The van der Waals surface area contributed by atoms with E-state index in [0.29, 0.717) is 37.3 Å². The van der Waals surface area contributed by atoms with Crippen molar-refractivity contribution in [3.63, 3.8) is 0 Å². The summed E-state index contributed by atoms with van der Waals surface area (Å²) in [5.41, 5.74) is 6.72. The number of amides is 2. The van der Waals surface area contributed by atoms with Crippen molar-refractivity contribution in [3.05, 3.63) is 42.5 Å². The van der Waals surface area contributed by atoms with Crippen molar-refractivity contribution in [2.24, 2.45) is 0 Å². The summed E-state index contributed by atoms with van der Waals surface area (Å²) in [6.45, 7) is 10.2. The number of aliphatic hydroxyl groups excluding tert-OH is 1. The zero-order valence-electron chi connectivity index (χ0n) is 21.7. The summed E-state index contributed by atoms with van der Waals surface area (Å²) in [6, 6.07) is 7.51. The highest BCUT2D eigenvalue weighted by atomic mass is 16.5. The lowest BCUT2D eigenvalue weighted by Gasteiger charge is -2.30. The Morgan fingerprint density at radius 2 is 2.00 bits per heavy atom. The molecule has 37 heavy (non-hydrogen) atoms. The molecule has 1 aromatic carbocycles. The number of hydrogen-bond donors (Lipinski definition) is 5. The smallest absolute Gasteiger partial charge is 0.319 e. The number of aliphatic hydroxyl groups is 2. The lowest BCUT2D eigenvalue weighted by atomic mass is 9.87. The number of likely N-dealkylation sites (N-methyl/N-ethyl adjacent to an activating group) is 1. The number of carbonyl (C=O) groups excluding carboxylic acids is 1. The minimum Gasteiger partial charge on any atom is -0.385 e. The standard InChI is InChI=1S/C25H36N8O4/c1-5-32(11-10-27-23(35)31-17-8-6-16(7-9-17)24(2,3)4)12-18-20(34)25(36,13-37-18)33-15-30-19-21(26)28-14-29-22(19)33/h6-9,14-15,18,20,34,36H,5,10-13H2,1-4H3,(H2,26,28,29)(H2,27,31,35). The maximum Gasteiger partial charge on any atom is 0.319 e. The van der Waals surface area contributed by atoms with E-state index in [1.807, 2.05) is 36.1 Å². The van der Waals surface area contributed by atoms with E-state index in [0.717, 1.165) is 5.69 Å². The number of nitrogen functional groups attached to an aromatic ring is 1. The highest BCUT2D eigenvalue weighted by Gasteiger charge is 2.50. The zero-order chi connectivity index (χ0) is 26.8. The summed E-state index contributed by atoms with van der Waals surface area (Å²) in [5.74, 6) is 0.188. The first-order valence-corrected chi connectivity index (χ1v) is 12.4. The SMILES string of the molecule is CCN(CCNC(=O)Nc1ccc(C(C)(C)C)cc1)CC1OCC(O)(n2cnc3c(N)ncnc32)C1O. The quantitative estimate of drug-likeness (QED) is 0.299. The van der Waals surface area contributed by atoms with Crippen LogP contribution in [0.2, 0.25) is 0 Å². The Bertz CT molecular complexity index is 1230. The molecule has 0 aliphatic carbocycles. The summed E-state index contributed by atoms with van der Waals surface area (Å²) in [6.07, 6.45) is 0.766. The second-order valence-electron chi connectivity index (χ2n) is 10.3. The average Bonchev–Trinajstić information content (AvgIpc) is 3.42. The van der Waals surface area contributed by atoms with Crippen molar-refractivity contribution in [2.45, 2.75) is 51.0 Å². The van der Waals surface area contributed by atoms with Gasteiger partial charge in [0.05, 0.1) is 12.9 Å². The van der Waals surface area contributed by atoms with Crippen molar-refractivity contribution >= 4 is 28.7 Å². The minimum atomic E-state index is -1.75. The number of anilines is 2. The first-order valence-electron chi connectivity index (χ1n) is 12.4. The largest absolute Gasteiger partial charge is 0.385 e. The van der Waals surface area contributed by atoms with Crippen LogP contribution < -0.4 is 16.4 Å². The normalized spacial score (nSPS) is 22.0. The number of nitrogens with one attached hydrogen (secondary N) is 2. The number of aromatic nitrogens is 4. The van der Waals surface area contributed by atoms with Gasteiger partial charge in [0.25, 0.3) is 0 Å². The monoisotopic (exact) mass is 512 g/mol. The molecule has 0 saturated carbocycles. The number of nitrogens with zero attached hydrogens (tertiary/aromatic N) is 5. The lowest BCUT2D eigenvalue weighted by Crippen LogP contribution is -2.49.